The van der Waals surface area contributed by atoms with Gasteiger partial charge in [0.1, 0.15) is 17.6 Å². The molecule has 1 atom stereocenters. The standard InChI is InChI=1S/C29H44N8O/c1-21(2)36(22(3)4)18-14-30-12-13-32-29(38)23(5)33-28-27(34-26-20-31-15-19-37(26)28)24-8-10-25(11-9-24)35-16-6-7-17-35/h8-11,15,19-23,30,33H,6-7,12-14,16-18H2,1-5H3,(H,32,38). The molecule has 2 aromatic heterocycles. The Balaban J connectivity index is 1.35. The number of carbonyl (C=O) groups excluding carboxylic acids is 1. The molecule has 0 saturated carbocycles. The van der Waals surface area contributed by atoms with Gasteiger partial charge in [-0.2, -0.15) is 0 Å². The molecule has 0 spiro atoms. The third kappa shape index (κ3) is 6.82. The molecule has 0 aliphatic carbocycles. The Labute approximate surface area is 227 Å². The van der Waals surface area contributed by atoms with Crippen molar-refractivity contribution in [2.75, 3.05) is 49.5 Å². The fourth-order valence-corrected chi connectivity index (χ4v) is 5.20. The van der Waals surface area contributed by atoms with Crippen molar-refractivity contribution in [3.63, 3.8) is 0 Å². The molecule has 9 heteroatoms. The van der Waals surface area contributed by atoms with E-state index in [4.69, 9.17) is 4.98 Å². The SMILES string of the molecule is CC(Nc1c(-c2ccc(N3CCCC3)cc2)nc2cnccn12)C(=O)NCCNCCN(C(C)C)C(C)C. The zero-order valence-electron chi connectivity index (χ0n) is 23.6. The highest BCUT2D eigenvalue weighted by atomic mass is 16.2. The van der Waals surface area contributed by atoms with Crippen LogP contribution in [0, 0.1) is 0 Å². The van der Waals surface area contributed by atoms with Gasteiger partial charge in [0.25, 0.3) is 0 Å². The lowest BCUT2D eigenvalue weighted by Crippen LogP contribution is -2.44. The first-order valence-electron chi connectivity index (χ1n) is 14.0. The van der Waals surface area contributed by atoms with E-state index in [0.29, 0.717) is 18.6 Å². The van der Waals surface area contributed by atoms with E-state index in [0.717, 1.165) is 55.4 Å². The number of nitrogens with one attached hydrogen (secondary N) is 3. The molecule has 1 saturated heterocycles. The van der Waals surface area contributed by atoms with Crippen LogP contribution in [-0.2, 0) is 4.79 Å². The number of hydrogen-bond donors (Lipinski definition) is 3. The maximum Gasteiger partial charge on any atom is 0.242 e. The van der Waals surface area contributed by atoms with Gasteiger partial charge in [-0.05, 0) is 59.6 Å². The Hall–Kier alpha value is -3.17. The van der Waals surface area contributed by atoms with E-state index in [1.165, 1.54) is 18.5 Å². The predicted molar refractivity (Wildman–Crippen MR) is 156 cm³/mol. The van der Waals surface area contributed by atoms with Crippen molar-refractivity contribution in [3.8, 4) is 11.3 Å². The van der Waals surface area contributed by atoms with Crippen molar-refractivity contribution in [1.82, 2.24) is 29.9 Å². The Morgan fingerprint density at radius 2 is 1.71 bits per heavy atom. The highest BCUT2D eigenvalue weighted by molar-refractivity contribution is 5.86. The second-order valence-corrected chi connectivity index (χ2v) is 10.7. The van der Waals surface area contributed by atoms with E-state index in [2.05, 4.69) is 82.7 Å². The van der Waals surface area contributed by atoms with Gasteiger partial charge in [-0.15, -0.1) is 0 Å². The van der Waals surface area contributed by atoms with Gasteiger partial charge in [0.15, 0.2) is 5.65 Å². The molecule has 3 N–H and O–H groups in total. The molecule has 9 nitrogen and oxygen atoms in total. The first-order chi connectivity index (χ1) is 18.3. The molecule has 38 heavy (non-hydrogen) atoms. The number of nitrogens with zero attached hydrogens (tertiary/aromatic N) is 5. The van der Waals surface area contributed by atoms with Gasteiger partial charge in [0.05, 0.1) is 6.20 Å². The molecule has 3 aromatic rings. The number of benzene rings is 1. The summed E-state index contributed by atoms with van der Waals surface area (Å²) in [6, 6.07) is 9.17. The van der Waals surface area contributed by atoms with Crippen LogP contribution in [0.1, 0.15) is 47.5 Å². The Kier molecular flexibility index (Phi) is 9.58. The van der Waals surface area contributed by atoms with E-state index in [1.807, 2.05) is 17.5 Å². The van der Waals surface area contributed by atoms with Crippen molar-refractivity contribution in [2.45, 2.75) is 65.6 Å². The fourth-order valence-electron chi connectivity index (χ4n) is 5.20. The molecule has 1 aromatic carbocycles. The second kappa shape index (κ2) is 13.1. The van der Waals surface area contributed by atoms with Crippen LogP contribution >= 0.6 is 0 Å². The summed E-state index contributed by atoms with van der Waals surface area (Å²) in [4.78, 5) is 26.9. The highest BCUT2D eigenvalue weighted by Crippen LogP contribution is 2.31. The zero-order chi connectivity index (χ0) is 27.1. The number of amides is 1. The smallest absolute Gasteiger partial charge is 0.242 e. The lowest BCUT2D eigenvalue weighted by molar-refractivity contribution is -0.121. The molecular weight excluding hydrogens is 476 g/mol. The largest absolute Gasteiger partial charge is 0.372 e. The predicted octanol–water partition coefficient (Wildman–Crippen LogP) is 3.62. The first kappa shape index (κ1) is 27.9. The molecule has 1 aliphatic heterocycles. The minimum absolute atomic E-state index is 0.0443. The van der Waals surface area contributed by atoms with Gasteiger partial charge in [0.2, 0.25) is 5.91 Å². The van der Waals surface area contributed by atoms with E-state index < -0.39 is 6.04 Å². The first-order valence-corrected chi connectivity index (χ1v) is 14.0. The van der Waals surface area contributed by atoms with Crippen molar-refractivity contribution >= 4 is 23.1 Å². The van der Waals surface area contributed by atoms with Gasteiger partial charge in [-0.25, -0.2) is 4.98 Å². The topological polar surface area (TPSA) is 89.8 Å². The van der Waals surface area contributed by atoms with Crippen molar-refractivity contribution in [1.29, 1.82) is 0 Å². The second-order valence-electron chi connectivity index (χ2n) is 10.7. The molecule has 1 fully saturated rings. The van der Waals surface area contributed by atoms with Crippen molar-refractivity contribution < 1.29 is 4.79 Å². The molecule has 1 amide bonds. The van der Waals surface area contributed by atoms with Crippen LogP contribution in [0.3, 0.4) is 0 Å². The van der Waals surface area contributed by atoms with Gasteiger partial charge in [0, 0.05) is 75.0 Å². The number of imidazole rings is 1. The van der Waals surface area contributed by atoms with Gasteiger partial charge in [-0.3, -0.25) is 19.1 Å². The Morgan fingerprint density at radius 3 is 2.39 bits per heavy atom. The number of hydrogen-bond acceptors (Lipinski definition) is 7. The van der Waals surface area contributed by atoms with Crippen LogP contribution < -0.4 is 20.9 Å². The summed E-state index contributed by atoms with van der Waals surface area (Å²) in [5, 5.41) is 9.91. The molecule has 4 rings (SSSR count). The number of anilines is 2. The van der Waals surface area contributed by atoms with Gasteiger partial charge in [-0.1, -0.05) is 12.1 Å². The van der Waals surface area contributed by atoms with Crippen LogP contribution in [0.15, 0.2) is 42.9 Å². The molecule has 0 bridgehead atoms. The summed E-state index contributed by atoms with van der Waals surface area (Å²) >= 11 is 0. The van der Waals surface area contributed by atoms with E-state index >= 15 is 0 Å². The van der Waals surface area contributed by atoms with Crippen LogP contribution in [0.4, 0.5) is 11.5 Å². The normalized spacial score (nSPS) is 14.7. The van der Waals surface area contributed by atoms with Gasteiger partial charge < -0.3 is 20.9 Å². The molecule has 3 heterocycles. The summed E-state index contributed by atoms with van der Waals surface area (Å²) in [7, 11) is 0. The average Bonchev–Trinajstić information content (AvgIpc) is 3.56. The lowest BCUT2D eigenvalue weighted by atomic mass is 10.1. The van der Waals surface area contributed by atoms with Crippen molar-refractivity contribution in [2.24, 2.45) is 0 Å². The molecular formula is C29H44N8O. The van der Waals surface area contributed by atoms with Crippen LogP contribution in [-0.4, -0.2) is 82.6 Å². The summed E-state index contributed by atoms with van der Waals surface area (Å²) in [6.45, 7) is 16.2. The number of fused-ring (bicyclic) bond motifs is 1. The van der Waals surface area contributed by atoms with Crippen LogP contribution in [0.25, 0.3) is 16.9 Å². The third-order valence-corrected chi connectivity index (χ3v) is 7.26. The maximum absolute atomic E-state index is 12.9. The molecule has 1 unspecified atom stereocenters. The monoisotopic (exact) mass is 520 g/mol. The zero-order valence-corrected chi connectivity index (χ0v) is 23.6. The maximum atomic E-state index is 12.9. The lowest BCUT2D eigenvalue weighted by Gasteiger charge is -2.30. The highest BCUT2D eigenvalue weighted by Gasteiger charge is 2.20. The molecule has 1 aliphatic rings. The number of rotatable bonds is 13. The summed E-state index contributed by atoms with van der Waals surface area (Å²) in [6.07, 6.45) is 7.85. The van der Waals surface area contributed by atoms with E-state index in [-0.39, 0.29) is 5.91 Å². The number of carbonyl (C=O) groups is 1. The summed E-state index contributed by atoms with van der Waals surface area (Å²) in [5.41, 5.74) is 3.80. The Morgan fingerprint density at radius 1 is 1.00 bits per heavy atom. The quantitative estimate of drug-likeness (QED) is 0.297. The average molecular weight is 521 g/mol. The summed E-state index contributed by atoms with van der Waals surface area (Å²) in [5.74, 6) is 0.747. The van der Waals surface area contributed by atoms with Crippen LogP contribution in [0.5, 0.6) is 0 Å². The molecule has 206 valence electrons. The Bertz CT molecular complexity index is 1160. The minimum atomic E-state index is -0.428. The minimum Gasteiger partial charge on any atom is -0.372 e. The third-order valence-electron chi connectivity index (χ3n) is 7.26. The summed E-state index contributed by atoms with van der Waals surface area (Å²) < 4.78 is 1.96. The fraction of sp³-hybridized carbons (Fsp3) is 0.552. The van der Waals surface area contributed by atoms with E-state index in [1.54, 1.807) is 12.4 Å². The molecule has 0 radical (unpaired) electrons. The van der Waals surface area contributed by atoms with E-state index in [9.17, 15) is 4.79 Å². The van der Waals surface area contributed by atoms with Gasteiger partial charge >= 0.3 is 0 Å². The number of aromatic nitrogens is 3. The van der Waals surface area contributed by atoms with Crippen molar-refractivity contribution in [3.05, 3.63) is 42.9 Å². The van der Waals surface area contributed by atoms with Crippen LogP contribution in [0.2, 0.25) is 0 Å².